The van der Waals surface area contributed by atoms with Crippen molar-refractivity contribution in [3.63, 3.8) is 0 Å². The molecule has 2 aliphatic heterocycles. The van der Waals surface area contributed by atoms with Crippen LogP contribution in [0.25, 0.3) is 0 Å². The van der Waals surface area contributed by atoms with Crippen LogP contribution in [0.4, 0.5) is 0 Å². The topological polar surface area (TPSA) is 29.1 Å². The van der Waals surface area contributed by atoms with E-state index in [1.165, 1.54) is 11.8 Å². The number of rotatable bonds is 0. The molecule has 0 amide bonds. The molecule has 4 heteroatoms. The lowest BCUT2D eigenvalue weighted by molar-refractivity contribution is -0.117. The summed E-state index contributed by atoms with van der Waals surface area (Å²) in [7, 11) is 0. The van der Waals surface area contributed by atoms with Crippen LogP contribution in [0, 0.1) is 0 Å². The molecular weight excluding hydrogens is 182 g/mol. The molecule has 11 heavy (non-hydrogen) atoms. The summed E-state index contributed by atoms with van der Waals surface area (Å²) in [5.41, 5.74) is 0. The van der Waals surface area contributed by atoms with Crippen LogP contribution in [0.1, 0.15) is 0 Å². The lowest BCUT2D eigenvalue weighted by atomic mass is 10.1. The number of allylic oxidation sites excluding steroid dienone is 2. The molecule has 2 aliphatic rings. The van der Waals surface area contributed by atoms with E-state index < -0.39 is 4.71 Å². The SMILES string of the molecule is O=C1C(Cl)SC2=CC=CNC12. The van der Waals surface area contributed by atoms with Gasteiger partial charge in [-0.05, 0) is 18.4 Å². The maximum atomic E-state index is 11.2. The largest absolute Gasteiger partial charge is 0.377 e. The quantitative estimate of drug-likeness (QED) is 0.579. The van der Waals surface area contributed by atoms with Gasteiger partial charge in [0, 0.05) is 4.91 Å². The zero-order chi connectivity index (χ0) is 7.84. The van der Waals surface area contributed by atoms with Gasteiger partial charge in [0.05, 0.1) is 0 Å². The van der Waals surface area contributed by atoms with Crippen LogP contribution in [-0.2, 0) is 4.79 Å². The van der Waals surface area contributed by atoms with Gasteiger partial charge in [0.15, 0.2) is 5.78 Å². The van der Waals surface area contributed by atoms with E-state index in [9.17, 15) is 4.79 Å². The molecule has 2 unspecified atom stereocenters. The van der Waals surface area contributed by atoms with Crippen molar-refractivity contribution in [3.8, 4) is 0 Å². The average molecular weight is 188 g/mol. The van der Waals surface area contributed by atoms with E-state index in [1.807, 2.05) is 12.2 Å². The van der Waals surface area contributed by atoms with Crippen molar-refractivity contribution >= 4 is 29.1 Å². The number of dihydropyridines is 1. The van der Waals surface area contributed by atoms with Gasteiger partial charge in [0.1, 0.15) is 10.8 Å². The second kappa shape index (κ2) is 2.57. The minimum absolute atomic E-state index is 0.0623. The zero-order valence-corrected chi connectivity index (χ0v) is 7.15. The number of halogens is 1. The smallest absolute Gasteiger partial charge is 0.188 e. The Labute approximate surface area is 73.7 Å². The van der Waals surface area contributed by atoms with Gasteiger partial charge in [-0.25, -0.2) is 0 Å². The molecule has 1 fully saturated rings. The number of ketones is 1. The van der Waals surface area contributed by atoms with Gasteiger partial charge in [-0.1, -0.05) is 0 Å². The normalized spacial score (nSPS) is 34.6. The van der Waals surface area contributed by atoms with Crippen molar-refractivity contribution in [1.29, 1.82) is 0 Å². The fraction of sp³-hybridized carbons (Fsp3) is 0.286. The fourth-order valence-corrected chi connectivity index (χ4v) is 2.51. The van der Waals surface area contributed by atoms with Crippen LogP contribution in [0.15, 0.2) is 23.3 Å². The van der Waals surface area contributed by atoms with Gasteiger partial charge >= 0.3 is 0 Å². The highest BCUT2D eigenvalue weighted by Gasteiger charge is 2.37. The highest BCUT2D eigenvalue weighted by atomic mass is 35.5. The summed E-state index contributed by atoms with van der Waals surface area (Å²) < 4.78 is -0.404. The predicted octanol–water partition coefficient (Wildman–Crippen LogP) is 1.24. The summed E-state index contributed by atoms with van der Waals surface area (Å²) in [5, 5.41) is 2.96. The minimum atomic E-state index is -0.404. The maximum Gasteiger partial charge on any atom is 0.188 e. The molecule has 2 nitrogen and oxygen atoms in total. The van der Waals surface area contributed by atoms with Crippen LogP contribution < -0.4 is 5.32 Å². The van der Waals surface area contributed by atoms with E-state index in [4.69, 9.17) is 11.6 Å². The molecule has 0 aromatic heterocycles. The number of fused-ring (bicyclic) bond motifs is 1. The Morgan fingerprint density at radius 3 is 3.18 bits per heavy atom. The van der Waals surface area contributed by atoms with Gasteiger partial charge in [-0.2, -0.15) is 0 Å². The van der Waals surface area contributed by atoms with Crippen LogP contribution in [0.3, 0.4) is 0 Å². The monoisotopic (exact) mass is 187 g/mol. The Bertz CT molecular complexity index is 261. The molecule has 0 saturated carbocycles. The molecule has 0 spiro atoms. The number of hydrogen-bond acceptors (Lipinski definition) is 3. The highest BCUT2D eigenvalue weighted by molar-refractivity contribution is 8.06. The predicted molar refractivity (Wildman–Crippen MR) is 46.4 cm³/mol. The number of hydrogen-bond donors (Lipinski definition) is 1. The van der Waals surface area contributed by atoms with E-state index in [-0.39, 0.29) is 11.8 Å². The molecule has 1 N–H and O–H groups in total. The molecule has 2 rings (SSSR count). The van der Waals surface area contributed by atoms with Crippen molar-refractivity contribution in [1.82, 2.24) is 5.32 Å². The Morgan fingerprint density at radius 1 is 1.64 bits per heavy atom. The zero-order valence-electron chi connectivity index (χ0n) is 5.58. The molecule has 58 valence electrons. The number of nitrogens with one attached hydrogen (secondary N) is 1. The first-order chi connectivity index (χ1) is 5.29. The van der Waals surface area contributed by atoms with E-state index in [1.54, 1.807) is 6.20 Å². The number of Topliss-reactive ketones (excluding diaryl/α,β-unsaturated/α-hetero) is 1. The molecule has 1 saturated heterocycles. The van der Waals surface area contributed by atoms with Crippen molar-refractivity contribution in [3.05, 3.63) is 23.3 Å². The minimum Gasteiger partial charge on any atom is -0.377 e. The van der Waals surface area contributed by atoms with Crippen molar-refractivity contribution in [2.24, 2.45) is 0 Å². The van der Waals surface area contributed by atoms with Crippen LogP contribution in [0.2, 0.25) is 0 Å². The third-order valence-electron chi connectivity index (χ3n) is 1.65. The molecule has 2 heterocycles. The second-order valence-corrected chi connectivity index (χ2v) is 4.24. The lowest BCUT2D eigenvalue weighted by Gasteiger charge is -2.11. The molecule has 0 aromatic carbocycles. The van der Waals surface area contributed by atoms with Crippen molar-refractivity contribution in [2.45, 2.75) is 10.8 Å². The Morgan fingerprint density at radius 2 is 2.45 bits per heavy atom. The summed E-state index contributed by atoms with van der Waals surface area (Å²) in [6, 6.07) is -0.174. The Balaban J connectivity index is 2.30. The van der Waals surface area contributed by atoms with E-state index in [0.717, 1.165) is 4.91 Å². The number of alkyl halides is 1. The standard InChI is InChI=1S/C7H6ClNOS/c8-7-6(10)5-4(11-7)2-1-3-9-5/h1-3,5,7,9H. The van der Waals surface area contributed by atoms with Gasteiger partial charge in [0.25, 0.3) is 0 Å². The van der Waals surface area contributed by atoms with Gasteiger partial charge < -0.3 is 5.32 Å². The molecule has 0 aliphatic carbocycles. The summed E-state index contributed by atoms with van der Waals surface area (Å²) in [5.74, 6) is 0.0623. The summed E-state index contributed by atoms with van der Waals surface area (Å²) in [6.07, 6.45) is 5.56. The van der Waals surface area contributed by atoms with Gasteiger partial charge in [-0.3, -0.25) is 4.79 Å². The lowest BCUT2D eigenvalue weighted by Crippen LogP contribution is -2.33. The number of carbonyl (C=O) groups excluding carboxylic acids is 1. The van der Waals surface area contributed by atoms with Gasteiger partial charge in [0.2, 0.25) is 0 Å². The van der Waals surface area contributed by atoms with E-state index >= 15 is 0 Å². The van der Waals surface area contributed by atoms with Crippen molar-refractivity contribution < 1.29 is 4.79 Å². The van der Waals surface area contributed by atoms with E-state index in [2.05, 4.69) is 5.32 Å². The molecule has 2 atom stereocenters. The van der Waals surface area contributed by atoms with Crippen LogP contribution in [-0.4, -0.2) is 16.5 Å². The summed E-state index contributed by atoms with van der Waals surface area (Å²) in [6.45, 7) is 0. The number of carbonyl (C=O) groups is 1. The van der Waals surface area contributed by atoms with Crippen LogP contribution in [0.5, 0.6) is 0 Å². The first-order valence-corrected chi connectivity index (χ1v) is 4.58. The second-order valence-electron chi connectivity index (χ2n) is 2.36. The first-order valence-electron chi connectivity index (χ1n) is 3.26. The fourth-order valence-electron chi connectivity index (χ4n) is 1.11. The highest BCUT2D eigenvalue weighted by Crippen LogP contribution is 2.37. The molecule has 0 bridgehead atoms. The number of thioether (sulfide) groups is 1. The maximum absolute atomic E-state index is 11.2. The third-order valence-corrected chi connectivity index (χ3v) is 3.22. The summed E-state index contributed by atoms with van der Waals surface area (Å²) >= 11 is 7.16. The molecule has 0 aromatic rings. The molecule has 0 radical (unpaired) electrons. The summed E-state index contributed by atoms with van der Waals surface area (Å²) in [4.78, 5) is 12.3. The first kappa shape index (κ1) is 7.25. The Kier molecular flexibility index (Phi) is 1.69. The average Bonchev–Trinajstić information content (AvgIpc) is 2.30. The third kappa shape index (κ3) is 1.08. The molecular formula is C7H6ClNOS. The van der Waals surface area contributed by atoms with Gasteiger partial charge in [-0.15, -0.1) is 23.4 Å². The van der Waals surface area contributed by atoms with Crippen LogP contribution >= 0.6 is 23.4 Å². The van der Waals surface area contributed by atoms with E-state index in [0.29, 0.717) is 0 Å². The van der Waals surface area contributed by atoms with Crippen molar-refractivity contribution in [2.75, 3.05) is 0 Å². The Hall–Kier alpha value is -0.410.